The summed E-state index contributed by atoms with van der Waals surface area (Å²) in [4.78, 5) is 6.87. The van der Waals surface area contributed by atoms with Gasteiger partial charge in [0.05, 0.1) is 6.10 Å². The number of hydrogen-bond acceptors (Lipinski definition) is 3. The van der Waals surface area contributed by atoms with E-state index in [1.807, 2.05) is 7.05 Å². The molecular weight excluding hydrogens is 276 g/mol. The molecule has 0 unspecified atom stereocenters. The molecule has 1 rings (SSSR count). The zero-order valence-electron chi connectivity index (χ0n) is 14.9. The van der Waals surface area contributed by atoms with Gasteiger partial charge in [0.1, 0.15) is 0 Å². The molecule has 22 heavy (non-hydrogen) atoms. The van der Waals surface area contributed by atoms with E-state index in [2.05, 4.69) is 34.4 Å². The summed E-state index contributed by atoms with van der Waals surface area (Å²) in [6.45, 7) is 10.6. The largest absolute Gasteiger partial charge is 0.379 e. The van der Waals surface area contributed by atoms with Crippen LogP contribution in [0.1, 0.15) is 52.4 Å². The molecule has 0 radical (unpaired) electrons. The number of hydrogen-bond donors (Lipinski definition) is 2. The van der Waals surface area contributed by atoms with Gasteiger partial charge in [0.25, 0.3) is 0 Å². The van der Waals surface area contributed by atoms with Crippen LogP contribution >= 0.6 is 0 Å². The molecule has 0 amide bonds. The first-order chi connectivity index (χ1) is 10.7. The average molecular weight is 313 g/mol. The molecule has 130 valence electrons. The molecule has 0 aromatic carbocycles. The van der Waals surface area contributed by atoms with Gasteiger partial charge < -0.3 is 20.3 Å². The highest BCUT2D eigenvalue weighted by Crippen LogP contribution is 2.09. The van der Waals surface area contributed by atoms with Gasteiger partial charge in [-0.2, -0.15) is 0 Å². The first-order valence-corrected chi connectivity index (χ1v) is 9.01. The lowest BCUT2D eigenvalue weighted by atomic mass is 10.2. The molecule has 0 spiro atoms. The van der Waals surface area contributed by atoms with Crippen molar-refractivity contribution in [1.29, 1.82) is 0 Å². The molecule has 2 N–H and O–H groups in total. The Balaban J connectivity index is 2.01. The fraction of sp³-hybridized carbons (Fsp3) is 0.941. The number of likely N-dealkylation sites (tertiary alicyclic amines) is 1. The van der Waals surface area contributed by atoms with E-state index in [9.17, 15) is 0 Å². The fourth-order valence-corrected chi connectivity index (χ4v) is 2.69. The quantitative estimate of drug-likeness (QED) is 0.389. The van der Waals surface area contributed by atoms with Crippen molar-refractivity contribution < 1.29 is 4.74 Å². The van der Waals surface area contributed by atoms with Crippen LogP contribution in [0, 0.1) is 0 Å². The summed E-state index contributed by atoms with van der Waals surface area (Å²) in [7, 11) is 1.83. The highest BCUT2D eigenvalue weighted by molar-refractivity contribution is 5.79. The minimum absolute atomic E-state index is 0.316. The molecule has 0 atom stereocenters. The lowest BCUT2D eigenvalue weighted by Crippen LogP contribution is -2.39. The molecule has 1 fully saturated rings. The van der Waals surface area contributed by atoms with Crippen LogP contribution in [0.2, 0.25) is 0 Å². The van der Waals surface area contributed by atoms with Gasteiger partial charge in [-0.05, 0) is 59.2 Å². The lowest BCUT2D eigenvalue weighted by Gasteiger charge is -2.20. The molecule has 0 aliphatic carbocycles. The minimum atomic E-state index is 0.316. The van der Waals surface area contributed by atoms with Crippen LogP contribution in [0.4, 0.5) is 0 Å². The molecular formula is C17H36N4O. The number of ether oxygens (including phenoxy) is 1. The third-order valence-corrected chi connectivity index (χ3v) is 3.93. The van der Waals surface area contributed by atoms with Gasteiger partial charge in [-0.15, -0.1) is 0 Å². The van der Waals surface area contributed by atoms with Crippen molar-refractivity contribution >= 4 is 5.96 Å². The summed E-state index contributed by atoms with van der Waals surface area (Å²) in [6.07, 6.45) is 8.06. The maximum Gasteiger partial charge on any atom is 0.190 e. The average Bonchev–Trinajstić information content (AvgIpc) is 2.77. The summed E-state index contributed by atoms with van der Waals surface area (Å²) >= 11 is 0. The summed E-state index contributed by atoms with van der Waals surface area (Å²) in [5, 5.41) is 6.73. The number of nitrogens with zero attached hydrogens (tertiary/aromatic N) is 2. The van der Waals surface area contributed by atoms with Gasteiger partial charge >= 0.3 is 0 Å². The Morgan fingerprint density at radius 2 is 1.68 bits per heavy atom. The highest BCUT2D eigenvalue weighted by atomic mass is 16.5. The number of rotatable bonds is 9. The van der Waals surface area contributed by atoms with Crippen LogP contribution in [0.25, 0.3) is 0 Å². The van der Waals surface area contributed by atoms with E-state index in [0.717, 1.165) is 32.1 Å². The van der Waals surface area contributed by atoms with Crippen molar-refractivity contribution in [3.63, 3.8) is 0 Å². The van der Waals surface area contributed by atoms with Crippen LogP contribution in [-0.4, -0.2) is 63.3 Å². The fourth-order valence-electron chi connectivity index (χ4n) is 2.69. The van der Waals surface area contributed by atoms with Crippen LogP contribution in [0.15, 0.2) is 4.99 Å². The third-order valence-electron chi connectivity index (χ3n) is 3.93. The van der Waals surface area contributed by atoms with Crippen molar-refractivity contribution in [1.82, 2.24) is 15.5 Å². The Labute approximate surface area is 136 Å². The Bertz CT molecular complexity index is 286. The lowest BCUT2D eigenvalue weighted by molar-refractivity contribution is 0.0776. The summed E-state index contributed by atoms with van der Waals surface area (Å²) in [5.74, 6) is 0.903. The molecule has 5 nitrogen and oxygen atoms in total. The van der Waals surface area contributed by atoms with E-state index < -0.39 is 0 Å². The van der Waals surface area contributed by atoms with Gasteiger partial charge in [0.2, 0.25) is 0 Å². The minimum Gasteiger partial charge on any atom is -0.379 e. The van der Waals surface area contributed by atoms with Crippen molar-refractivity contribution in [3.05, 3.63) is 0 Å². The third kappa shape index (κ3) is 10.0. The predicted octanol–water partition coefficient (Wildman–Crippen LogP) is 2.23. The Morgan fingerprint density at radius 1 is 1.05 bits per heavy atom. The Hall–Kier alpha value is -0.810. The summed E-state index contributed by atoms with van der Waals surface area (Å²) in [6, 6.07) is 0. The predicted molar refractivity (Wildman–Crippen MR) is 94.6 cm³/mol. The Kier molecular flexibility index (Phi) is 11.1. The van der Waals surface area contributed by atoms with Crippen molar-refractivity contribution in [2.75, 3.05) is 46.4 Å². The van der Waals surface area contributed by atoms with E-state index in [4.69, 9.17) is 4.74 Å². The molecule has 0 aromatic heterocycles. The molecule has 5 heteroatoms. The van der Waals surface area contributed by atoms with E-state index >= 15 is 0 Å². The van der Waals surface area contributed by atoms with Crippen LogP contribution in [-0.2, 0) is 4.74 Å². The number of aliphatic imine (C=N–C) groups is 1. The van der Waals surface area contributed by atoms with Gasteiger partial charge in [-0.25, -0.2) is 0 Å². The maximum atomic E-state index is 5.53. The first kappa shape index (κ1) is 19.2. The zero-order valence-corrected chi connectivity index (χ0v) is 14.9. The second kappa shape index (κ2) is 12.7. The van der Waals surface area contributed by atoms with E-state index in [0.29, 0.717) is 6.10 Å². The second-order valence-electron chi connectivity index (χ2n) is 6.31. The first-order valence-electron chi connectivity index (χ1n) is 9.01. The zero-order chi connectivity index (χ0) is 16.0. The molecule has 1 saturated heterocycles. The van der Waals surface area contributed by atoms with Gasteiger partial charge in [0.15, 0.2) is 5.96 Å². The van der Waals surface area contributed by atoms with Crippen LogP contribution < -0.4 is 10.6 Å². The Morgan fingerprint density at radius 3 is 2.27 bits per heavy atom. The second-order valence-corrected chi connectivity index (χ2v) is 6.31. The molecule has 0 bridgehead atoms. The number of nitrogens with one attached hydrogen (secondary N) is 2. The van der Waals surface area contributed by atoms with Crippen molar-refractivity contribution in [3.8, 4) is 0 Å². The molecule has 0 aromatic rings. The summed E-state index contributed by atoms with van der Waals surface area (Å²) in [5.41, 5.74) is 0. The SMILES string of the molecule is CN=C(NCCCOC(C)C)NCCCN1CCCCCC1. The van der Waals surface area contributed by atoms with Crippen LogP contribution in [0.5, 0.6) is 0 Å². The molecule has 0 saturated carbocycles. The summed E-state index contributed by atoms with van der Waals surface area (Å²) < 4.78 is 5.53. The highest BCUT2D eigenvalue weighted by Gasteiger charge is 2.08. The standard InChI is InChI=1S/C17H36N4O/c1-16(2)22-15-9-11-20-17(18-3)19-10-8-14-21-12-6-4-5-7-13-21/h16H,4-15H2,1-3H3,(H2,18,19,20). The normalized spacial score (nSPS) is 17.5. The molecule has 1 aliphatic heterocycles. The molecule has 1 aliphatic rings. The number of guanidine groups is 1. The van der Waals surface area contributed by atoms with E-state index in [1.165, 1.54) is 51.7 Å². The smallest absolute Gasteiger partial charge is 0.190 e. The van der Waals surface area contributed by atoms with Gasteiger partial charge in [-0.3, -0.25) is 4.99 Å². The van der Waals surface area contributed by atoms with Crippen molar-refractivity contribution in [2.45, 2.75) is 58.5 Å². The maximum absolute atomic E-state index is 5.53. The van der Waals surface area contributed by atoms with E-state index in [1.54, 1.807) is 0 Å². The van der Waals surface area contributed by atoms with Gasteiger partial charge in [0, 0.05) is 26.7 Å². The van der Waals surface area contributed by atoms with Crippen molar-refractivity contribution in [2.24, 2.45) is 4.99 Å². The van der Waals surface area contributed by atoms with Crippen LogP contribution in [0.3, 0.4) is 0 Å². The molecule has 1 heterocycles. The van der Waals surface area contributed by atoms with Gasteiger partial charge in [-0.1, -0.05) is 12.8 Å². The monoisotopic (exact) mass is 312 g/mol. The van der Waals surface area contributed by atoms with E-state index in [-0.39, 0.29) is 0 Å². The topological polar surface area (TPSA) is 48.9 Å².